The van der Waals surface area contributed by atoms with Crippen LogP contribution in [0.4, 0.5) is 5.82 Å². The van der Waals surface area contributed by atoms with Gasteiger partial charge in [-0.25, -0.2) is 0 Å². The van der Waals surface area contributed by atoms with Gasteiger partial charge in [0, 0.05) is 25.2 Å². The first-order chi connectivity index (χ1) is 12.2. The smallest absolute Gasteiger partial charge is 0.274 e. The van der Waals surface area contributed by atoms with Gasteiger partial charge in [0.05, 0.1) is 7.11 Å². The Bertz CT molecular complexity index is 718. The van der Waals surface area contributed by atoms with Crippen molar-refractivity contribution < 1.29 is 9.53 Å². The molecule has 6 nitrogen and oxygen atoms in total. The summed E-state index contributed by atoms with van der Waals surface area (Å²) in [6.07, 6.45) is 2.24. The van der Waals surface area contributed by atoms with Crippen LogP contribution >= 0.6 is 0 Å². The number of rotatable bonds is 5. The van der Waals surface area contributed by atoms with Gasteiger partial charge >= 0.3 is 0 Å². The lowest BCUT2D eigenvalue weighted by molar-refractivity contribution is 0.0676. The second-order valence-corrected chi connectivity index (χ2v) is 6.47. The topological polar surface area (TPSA) is 67.3 Å². The number of methoxy groups -OCH3 is 1. The quantitative estimate of drug-likeness (QED) is 0.906. The standard InChI is InChI=1S/C19H24N4O2/c1-14-6-5-11-23(13-14)19(24)16-9-10-18(22-21-16)20-12-15-7-3-4-8-17(15)25-2/h3-4,7-10,14H,5-6,11-13H2,1-2H3,(H,20,22). The highest BCUT2D eigenvalue weighted by Gasteiger charge is 2.23. The Hall–Kier alpha value is -2.63. The molecule has 6 heteroatoms. The molecule has 0 aliphatic carbocycles. The number of hydrogen-bond acceptors (Lipinski definition) is 5. The zero-order valence-electron chi connectivity index (χ0n) is 14.7. The van der Waals surface area contributed by atoms with E-state index in [2.05, 4.69) is 22.4 Å². The zero-order chi connectivity index (χ0) is 17.6. The van der Waals surface area contributed by atoms with E-state index >= 15 is 0 Å². The highest BCUT2D eigenvalue weighted by molar-refractivity contribution is 5.92. The van der Waals surface area contributed by atoms with Gasteiger partial charge in [-0.15, -0.1) is 10.2 Å². The zero-order valence-corrected chi connectivity index (χ0v) is 14.7. The summed E-state index contributed by atoms with van der Waals surface area (Å²) in [4.78, 5) is 14.4. The molecule has 1 N–H and O–H groups in total. The molecule has 132 valence electrons. The van der Waals surface area contributed by atoms with Crippen molar-refractivity contribution >= 4 is 11.7 Å². The van der Waals surface area contributed by atoms with Crippen molar-refractivity contribution in [3.63, 3.8) is 0 Å². The summed E-state index contributed by atoms with van der Waals surface area (Å²) in [5.41, 5.74) is 1.44. The Balaban J connectivity index is 1.61. The van der Waals surface area contributed by atoms with Gasteiger partial charge in [-0.3, -0.25) is 4.79 Å². The summed E-state index contributed by atoms with van der Waals surface area (Å²) in [7, 11) is 1.65. The molecule has 1 aliphatic rings. The number of carbonyl (C=O) groups is 1. The number of likely N-dealkylation sites (tertiary alicyclic amines) is 1. The van der Waals surface area contributed by atoms with E-state index in [0.29, 0.717) is 24.0 Å². The van der Waals surface area contributed by atoms with Gasteiger partial charge in [-0.05, 0) is 37.0 Å². The summed E-state index contributed by atoms with van der Waals surface area (Å²) in [5.74, 6) is 1.98. The van der Waals surface area contributed by atoms with Gasteiger partial charge in [0.25, 0.3) is 5.91 Å². The van der Waals surface area contributed by atoms with Crippen LogP contribution in [-0.4, -0.2) is 41.2 Å². The maximum absolute atomic E-state index is 12.5. The van der Waals surface area contributed by atoms with Crippen LogP contribution in [0, 0.1) is 5.92 Å². The maximum atomic E-state index is 12.5. The Labute approximate surface area is 148 Å². The molecule has 1 fully saturated rings. The molecule has 0 spiro atoms. The second kappa shape index (κ2) is 7.96. The van der Waals surface area contributed by atoms with E-state index in [0.717, 1.165) is 30.8 Å². The van der Waals surface area contributed by atoms with E-state index in [9.17, 15) is 4.79 Å². The molecule has 1 aromatic carbocycles. The highest BCUT2D eigenvalue weighted by atomic mass is 16.5. The van der Waals surface area contributed by atoms with E-state index in [1.165, 1.54) is 6.42 Å². The van der Waals surface area contributed by atoms with Crippen LogP contribution in [-0.2, 0) is 6.54 Å². The van der Waals surface area contributed by atoms with Crippen molar-refractivity contribution in [2.24, 2.45) is 5.92 Å². The Morgan fingerprint density at radius 1 is 1.28 bits per heavy atom. The second-order valence-electron chi connectivity index (χ2n) is 6.47. The lowest BCUT2D eigenvalue weighted by Crippen LogP contribution is -2.39. The third kappa shape index (κ3) is 4.26. The average Bonchev–Trinajstić information content (AvgIpc) is 2.66. The highest BCUT2D eigenvalue weighted by Crippen LogP contribution is 2.19. The number of amides is 1. The number of nitrogens with one attached hydrogen (secondary N) is 1. The third-order valence-corrected chi connectivity index (χ3v) is 4.48. The normalized spacial score (nSPS) is 17.2. The first-order valence-corrected chi connectivity index (χ1v) is 8.66. The molecule has 1 aromatic heterocycles. The minimum absolute atomic E-state index is 0.0321. The van der Waals surface area contributed by atoms with Gasteiger partial charge < -0.3 is 15.0 Å². The number of piperidine rings is 1. The fourth-order valence-corrected chi connectivity index (χ4v) is 3.11. The molecule has 25 heavy (non-hydrogen) atoms. The van der Waals surface area contributed by atoms with Crippen LogP contribution < -0.4 is 10.1 Å². The largest absolute Gasteiger partial charge is 0.496 e. The average molecular weight is 340 g/mol. The van der Waals surface area contributed by atoms with Crippen molar-refractivity contribution in [3.05, 3.63) is 47.7 Å². The number of benzene rings is 1. The number of hydrogen-bond donors (Lipinski definition) is 1. The molecular weight excluding hydrogens is 316 g/mol. The van der Waals surface area contributed by atoms with E-state index in [1.807, 2.05) is 29.2 Å². The minimum Gasteiger partial charge on any atom is -0.496 e. The molecule has 1 aliphatic heterocycles. The van der Waals surface area contributed by atoms with Crippen molar-refractivity contribution in [2.75, 3.05) is 25.5 Å². The number of ether oxygens (including phenoxy) is 1. The van der Waals surface area contributed by atoms with E-state index < -0.39 is 0 Å². The number of anilines is 1. The van der Waals surface area contributed by atoms with Crippen LogP contribution in [0.15, 0.2) is 36.4 Å². The monoisotopic (exact) mass is 340 g/mol. The van der Waals surface area contributed by atoms with Gasteiger partial charge in [-0.2, -0.15) is 0 Å². The number of aromatic nitrogens is 2. The predicted molar refractivity (Wildman–Crippen MR) is 96.7 cm³/mol. The van der Waals surface area contributed by atoms with Crippen molar-refractivity contribution in [3.8, 4) is 5.75 Å². The fourth-order valence-electron chi connectivity index (χ4n) is 3.11. The number of carbonyl (C=O) groups excluding carboxylic acids is 1. The SMILES string of the molecule is COc1ccccc1CNc1ccc(C(=O)N2CCCC(C)C2)nn1. The number of nitrogens with zero attached hydrogens (tertiary/aromatic N) is 3. The summed E-state index contributed by atoms with van der Waals surface area (Å²) >= 11 is 0. The molecule has 1 amide bonds. The Morgan fingerprint density at radius 2 is 2.12 bits per heavy atom. The molecule has 2 aromatic rings. The van der Waals surface area contributed by atoms with E-state index in [-0.39, 0.29) is 5.91 Å². The summed E-state index contributed by atoms with van der Waals surface area (Å²) < 4.78 is 5.33. The first-order valence-electron chi connectivity index (χ1n) is 8.66. The molecule has 1 unspecified atom stereocenters. The van der Waals surface area contributed by atoms with Gasteiger partial charge in [0.15, 0.2) is 5.69 Å². The summed E-state index contributed by atoms with van der Waals surface area (Å²) in [6, 6.07) is 11.3. The van der Waals surface area contributed by atoms with Crippen LogP contribution in [0.3, 0.4) is 0 Å². The van der Waals surface area contributed by atoms with Gasteiger partial charge in [0.2, 0.25) is 0 Å². The molecule has 0 saturated carbocycles. The van der Waals surface area contributed by atoms with Gasteiger partial charge in [-0.1, -0.05) is 25.1 Å². The van der Waals surface area contributed by atoms with Crippen LogP contribution in [0.2, 0.25) is 0 Å². The van der Waals surface area contributed by atoms with Crippen molar-refractivity contribution in [1.29, 1.82) is 0 Å². The molecule has 2 heterocycles. The number of para-hydroxylation sites is 1. The van der Waals surface area contributed by atoms with Crippen molar-refractivity contribution in [2.45, 2.75) is 26.3 Å². The predicted octanol–water partition coefficient (Wildman–Crippen LogP) is 2.97. The van der Waals surface area contributed by atoms with E-state index in [1.54, 1.807) is 19.2 Å². The van der Waals surface area contributed by atoms with Crippen molar-refractivity contribution in [1.82, 2.24) is 15.1 Å². The van der Waals surface area contributed by atoms with E-state index in [4.69, 9.17) is 4.74 Å². The molecular formula is C19H24N4O2. The Morgan fingerprint density at radius 3 is 2.84 bits per heavy atom. The third-order valence-electron chi connectivity index (χ3n) is 4.48. The summed E-state index contributed by atoms with van der Waals surface area (Å²) in [6.45, 7) is 4.36. The van der Waals surface area contributed by atoms with Crippen LogP contribution in [0.25, 0.3) is 0 Å². The Kier molecular flexibility index (Phi) is 5.48. The molecule has 1 atom stereocenters. The molecule has 3 rings (SSSR count). The minimum atomic E-state index is -0.0321. The fraction of sp³-hybridized carbons (Fsp3) is 0.421. The molecule has 0 bridgehead atoms. The lowest BCUT2D eigenvalue weighted by Gasteiger charge is -2.30. The molecule has 0 radical (unpaired) electrons. The van der Waals surface area contributed by atoms with Crippen LogP contribution in [0.5, 0.6) is 5.75 Å². The van der Waals surface area contributed by atoms with Crippen LogP contribution in [0.1, 0.15) is 35.8 Å². The lowest BCUT2D eigenvalue weighted by atomic mass is 10.00. The summed E-state index contributed by atoms with van der Waals surface area (Å²) in [5, 5.41) is 11.4. The van der Waals surface area contributed by atoms with Gasteiger partial charge in [0.1, 0.15) is 11.6 Å². The molecule has 1 saturated heterocycles. The maximum Gasteiger partial charge on any atom is 0.274 e. The first kappa shape index (κ1) is 17.2.